The highest BCUT2D eigenvalue weighted by Crippen LogP contribution is 2.31. The van der Waals surface area contributed by atoms with Gasteiger partial charge in [0.15, 0.2) is 5.82 Å². The summed E-state index contributed by atoms with van der Waals surface area (Å²) in [6.07, 6.45) is -2.96. The molecule has 0 saturated heterocycles. The molecule has 112 valence electrons. The molecule has 1 heterocycles. The lowest BCUT2D eigenvalue weighted by molar-refractivity contribution is -0.137. The van der Waals surface area contributed by atoms with Gasteiger partial charge in [0.25, 0.3) is 5.91 Å². The van der Waals surface area contributed by atoms with Gasteiger partial charge in [-0.15, -0.1) is 0 Å². The van der Waals surface area contributed by atoms with Crippen LogP contribution in [0.4, 0.5) is 24.7 Å². The number of hydrogen-bond donors (Lipinski definition) is 3. The lowest BCUT2D eigenvalue weighted by Crippen LogP contribution is -2.19. The van der Waals surface area contributed by atoms with Gasteiger partial charge in [-0.05, 0) is 18.2 Å². The molecule has 0 spiro atoms. The van der Waals surface area contributed by atoms with Crippen molar-refractivity contribution < 1.29 is 18.0 Å². The largest absolute Gasteiger partial charge is 0.416 e. The van der Waals surface area contributed by atoms with Crippen molar-refractivity contribution in [1.82, 2.24) is 9.78 Å². The summed E-state index contributed by atoms with van der Waals surface area (Å²) in [7, 11) is 1.65. The van der Waals surface area contributed by atoms with Crippen molar-refractivity contribution in [3.05, 3.63) is 41.6 Å². The Morgan fingerprint density at radius 2 is 2.05 bits per heavy atom. The number of hydrazine groups is 1. The van der Waals surface area contributed by atoms with Crippen molar-refractivity contribution in [2.75, 3.05) is 10.7 Å². The van der Waals surface area contributed by atoms with E-state index in [1.165, 1.54) is 10.7 Å². The lowest BCUT2D eigenvalue weighted by Gasteiger charge is -2.12. The first-order valence-corrected chi connectivity index (χ1v) is 5.80. The summed E-state index contributed by atoms with van der Waals surface area (Å²) in [6.45, 7) is 0. The molecule has 0 fully saturated rings. The minimum Gasteiger partial charge on any atom is -0.323 e. The molecule has 6 nitrogen and oxygen atoms in total. The average Bonchev–Trinajstić information content (AvgIpc) is 2.82. The Kier molecular flexibility index (Phi) is 3.85. The van der Waals surface area contributed by atoms with Gasteiger partial charge in [-0.2, -0.15) is 18.3 Å². The van der Waals surface area contributed by atoms with Crippen LogP contribution < -0.4 is 16.6 Å². The summed E-state index contributed by atoms with van der Waals surface area (Å²) >= 11 is 0. The fraction of sp³-hybridized carbons (Fsp3) is 0.167. The van der Waals surface area contributed by atoms with Crippen LogP contribution >= 0.6 is 0 Å². The van der Waals surface area contributed by atoms with Crippen LogP contribution in [-0.4, -0.2) is 15.7 Å². The zero-order valence-electron chi connectivity index (χ0n) is 10.9. The Morgan fingerprint density at radius 3 is 2.57 bits per heavy atom. The predicted molar refractivity (Wildman–Crippen MR) is 70.4 cm³/mol. The molecular formula is C12H12F3N5O. The molecular weight excluding hydrogens is 287 g/mol. The summed E-state index contributed by atoms with van der Waals surface area (Å²) < 4.78 is 39.5. The molecule has 1 aromatic carbocycles. The molecule has 0 saturated carbocycles. The topological polar surface area (TPSA) is 85.0 Å². The summed E-state index contributed by atoms with van der Waals surface area (Å²) in [4.78, 5) is 12.1. The second-order valence-corrected chi connectivity index (χ2v) is 4.23. The second kappa shape index (κ2) is 5.44. The summed E-state index contributed by atoms with van der Waals surface area (Å²) in [5, 5.41) is 6.31. The number of carbonyl (C=O) groups is 1. The number of hydrogen-bond acceptors (Lipinski definition) is 4. The summed E-state index contributed by atoms with van der Waals surface area (Å²) in [6, 6.07) is 4.18. The molecule has 1 amide bonds. The first-order valence-electron chi connectivity index (χ1n) is 5.80. The van der Waals surface area contributed by atoms with Crippen molar-refractivity contribution >= 4 is 17.4 Å². The molecule has 0 radical (unpaired) electrons. The van der Waals surface area contributed by atoms with E-state index in [0.717, 1.165) is 18.2 Å². The molecule has 1 aromatic heterocycles. The maximum atomic E-state index is 12.7. The monoisotopic (exact) mass is 299 g/mol. The van der Waals surface area contributed by atoms with Crippen molar-refractivity contribution in [1.29, 1.82) is 0 Å². The number of amides is 1. The third kappa shape index (κ3) is 3.31. The van der Waals surface area contributed by atoms with E-state index < -0.39 is 17.6 Å². The summed E-state index contributed by atoms with van der Waals surface area (Å²) in [5.74, 6) is 4.70. The number of aryl methyl sites for hydroxylation is 1. The number of aromatic nitrogens is 2. The van der Waals surface area contributed by atoms with Gasteiger partial charge >= 0.3 is 6.18 Å². The molecule has 2 rings (SSSR count). The molecule has 0 atom stereocenters. The van der Waals surface area contributed by atoms with Gasteiger partial charge in [0.2, 0.25) is 0 Å². The third-order valence-electron chi connectivity index (χ3n) is 2.70. The van der Waals surface area contributed by atoms with Crippen LogP contribution in [0.5, 0.6) is 0 Å². The minimum absolute atomic E-state index is 0.0800. The first-order chi connectivity index (χ1) is 9.81. The number of carbonyl (C=O) groups excluding carboxylic acids is 1. The van der Waals surface area contributed by atoms with Gasteiger partial charge in [0.05, 0.1) is 16.8 Å². The molecule has 0 bridgehead atoms. The first kappa shape index (κ1) is 14.9. The van der Waals surface area contributed by atoms with Crippen LogP contribution in [0.3, 0.4) is 0 Å². The normalized spacial score (nSPS) is 11.3. The van der Waals surface area contributed by atoms with Gasteiger partial charge in [-0.3, -0.25) is 15.3 Å². The number of nitrogen functional groups attached to an aromatic ring is 1. The van der Waals surface area contributed by atoms with E-state index in [2.05, 4.69) is 15.8 Å². The van der Waals surface area contributed by atoms with E-state index in [0.29, 0.717) is 0 Å². The Hall–Kier alpha value is -2.55. The van der Waals surface area contributed by atoms with Gasteiger partial charge in [-0.25, -0.2) is 0 Å². The average molecular weight is 299 g/mol. The van der Waals surface area contributed by atoms with Crippen molar-refractivity contribution in [3.8, 4) is 0 Å². The molecule has 9 heteroatoms. The highest BCUT2D eigenvalue weighted by Gasteiger charge is 2.31. The molecule has 0 aliphatic carbocycles. The standard InChI is InChI=1S/C12H12F3N5O/c1-20-5-4-10(19-20)17-11(21)8-6-7(12(13,14)15)2-3-9(8)18-16/h2-6,18H,16H2,1H3,(H,17,19,21). The number of halogens is 3. The van der Waals surface area contributed by atoms with Crippen LogP contribution in [0, 0.1) is 0 Å². The number of nitrogens with two attached hydrogens (primary N) is 1. The molecule has 21 heavy (non-hydrogen) atoms. The number of rotatable bonds is 3. The maximum absolute atomic E-state index is 12.7. The van der Waals surface area contributed by atoms with Crippen molar-refractivity contribution in [2.24, 2.45) is 12.9 Å². The minimum atomic E-state index is -4.55. The third-order valence-corrected chi connectivity index (χ3v) is 2.70. The number of alkyl halides is 3. The van der Waals surface area contributed by atoms with E-state index in [1.807, 2.05) is 0 Å². The van der Waals surface area contributed by atoms with Crippen molar-refractivity contribution in [2.45, 2.75) is 6.18 Å². The predicted octanol–water partition coefficient (Wildman–Crippen LogP) is 1.98. The summed E-state index contributed by atoms with van der Waals surface area (Å²) in [5.41, 5.74) is 1.11. The van der Waals surface area contributed by atoms with Crippen LogP contribution in [0.25, 0.3) is 0 Å². The fourth-order valence-corrected chi connectivity index (χ4v) is 1.70. The van der Waals surface area contributed by atoms with Gasteiger partial charge < -0.3 is 10.7 Å². The highest BCUT2D eigenvalue weighted by atomic mass is 19.4. The zero-order valence-corrected chi connectivity index (χ0v) is 10.9. The van der Waals surface area contributed by atoms with E-state index >= 15 is 0 Å². The number of nitrogens with one attached hydrogen (secondary N) is 2. The zero-order chi connectivity index (χ0) is 15.6. The van der Waals surface area contributed by atoms with Crippen LogP contribution in [-0.2, 0) is 13.2 Å². The molecule has 0 unspecified atom stereocenters. The Balaban J connectivity index is 2.34. The Bertz CT molecular complexity index is 665. The van der Waals surface area contributed by atoms with E-state index in [-0.39, 0.29) is 17.1 Å². The molecule has 0 aliphatic rings. The van der Waals surface area contributed by atoms with Crippen LogP contribution in [0.15, 0.2) is 30.5 Å². The quantitative estimate of drug-likeness (QED) is 0.597. The van der Waals surface area contributed by atoms with Crippen molar-refractivity contribution in [3.63, 3.8) is 0 Å². The Labute approximate surface area is 117 Å². The molecule has 0 aliphatic heterocycles. The van der Waals surface area contributed by atoms with E-state index in [9.17, 15) is 18.0 Å². The van der Waals surface area contributed by atoms with Gasteiger partial charge in [0.1, 0.15) is 0 Å². The van der Waals surface area contributed by atoms with Crippen LogP contribution in [0.1, 0.15) is 15.9 Å². The highest BCUT2D eigenvalue weighted by molar-refractivity contribution is 6.07. The SMILES string of the molecule is Cn1ccc(NC(=O)c2cc(C(F)(F)F)ccc2NN)n1. The van der Waals surface area contributed by atoms with E-state index in [4.69, 9.17) is 5.84 Å². The second-order valence-electron chi connectivity index (χ2n) is 4.23. The van der Waals surface area contributed by atoms with Gasteiger partial charge in [-0.1, -0.05) is 0 Å². The maximum Gasteiger partial charge on any atom is 0.416 e. The van der Waals surface area contributed by atoms with E-state index in [1.54, 1.807) is 13.2 Å². The smallest absolute Gasteiger partial charge is 0.323 e. The van der Waals surface area contributed by atoms with Crippen LogP contribution in [0.2, 0.25) is 0 Å². The number of benzene rings is 1. The molecule has 4 N–H and O–H groups in total. The number of anilines is 2. The fourth-order valence-electron chi connectivity index (χ4n) is 1.70. The number of nitrogens with zero attached hydrogens (tertiary/aromatic N) is 2. The lowest BCUT2D eigenvalue weighted by atomic mass is 10.1. The Morgan fingerprint density at radius 1 is 1.33 bits per heavy atom. The van der Waals surface area contributed by atoms with Gasteiger partial charge in [0, 0.05) is 19.3 Å². The molecule has 2 aromatic rings.